The van der Waals surface area contributed by atoms with Gasteiger partial charge in [0.1, 0.15) is 5.76 Å². The Morgan fingerprint density at radius 2 is 1.80 bits per heavy atom. The molecule has 0 saturated carbocycles. The molecule has 1 aromatic carbocycles. The van der Waals surface area contributed by atoms with E-state index in [1.165, 1.54) is 4.90 Å². The zero-order valence-electron chi connectivity index (χ0n) is 9.07. The second kappa shape index (κ2) is 3.42. The molecule has 1 aromatic heterocycles. The molecule has 2 rings (SSSR count). The molecule has 0 N–H and O–H groups in total. The summed E-state index contributed by atoms with van der Waals surface area (Å²) in [6.07, 6.45) is 0. The first-order chi connectivity index (χ1) is 7.11. The van der Waals surface area contributed by atoms with Gasteiger partial charge in [-0.15, -0.1) is 0 Å². The third-order valence-corrected chi connectivity index (χ3v) is 2.41. The number of carbonyl (C=O) groups excluding carboxylic acids is 1. The van der Waals surface area contributed by atoms with Crippen molar-refractivity contribution in [1.29, 1.82) is 0 Å². The molecule has 1 amide bonds. The van der Waals surface area contributed by atoms with Gasteiger partial charge < -0.3 is 9.32 Å². The van der Waals surface area contributed by atoms with Crippen molar-refractivity contribution in [2.75, 3.05) is 14.1 Å². The highest BCUT2D eigenvalue weighted by Crippen LogP contribution is 2.25. The van der Waals surface area contributed by atoms with E-state index in [9.17, 15) is 4.79 Å². The van der Waals surface area contributed by atoms with E-state index in [4.69, 9.17) is 4.42 Å². The van der Waals surface area contributed by atoms with Crippen LogP contribution < -0.4 is 0 Å². The minimum atomic E-state index is -0.0979. The Morgan fingerprint density at radius 3 is 2.40 bits per heavy atom. The van der Waals surface area contributed by atoms with Crippen LogP contribution in [0.1, 0.15) is 16.3 Å². The number of furan rings is 1. The van der Waals surface area contributed by atoms with Crippen molar-refractivity contribution in [3.05, 3.63) is 35.8 Å². The van der Waals surface area contributed by atoms with Gasteiger partial charge in [0.05, 0.1) is 0 Å². The van der Waals surface area contributed by atoms with Gasteiger partial charge in [-0.3, -0.25) is 4.79 Å². The summed E-state index contributed by atoms with van der Waals surface area (Å²) >= 11 is 0. The highest BCUT2D eigenvalue weighted by atomic mass is 16.4. The Morgan fingerprint density at radius 1 is 1.20 bits per heavy atom. The van der Waals surface area contributed by atoms with E-state index < -0.39 is 0 Å². The van der Waals surface area contributed by atoms with E-state index >= 15 is 0 Å². The number of amides is 1. The molecule has 0 spiro atoms. The van der Waals surface area contributed by atoms with Crippen LogP contribution in [0.4, 0.5) is 0 Å². The van der Waals surface area contributed by atoms with Gasteiger partial charge in [-0.05, 0) is 6.92 Å². The SMILES string of the molecule is Cc1oc(C(=O)N(C)C)c2ccccc12. The smallest absolute Gasteiger partial charge is 0.289 e. The van der Waals surface area contributed by atoms with Gasteiger partial charge in [-0.1, -0.05) is 24.3 Å². The molecule has 0 fully saturated rings. The molecule has 0 bridgehead atoms. The average Bonchev–Trinajstić information content (AvgIpc) is 2.56. The van der Waals surface area contributed by atoms with Crippen molar-refractivity contribution >= 4 is 16.7 Å². The number of benzene rings is 1. The molecule has 1 heterocycles. The Bertz CT molecular complexity index is 511. The van der Waals surface area contributed by atoms with E-state index in [0.717, 1.165) is 16.5 Å². The first-order valence-electron chi connectivity index (χ1n) is 4.81. The van der Waals surface area contributed by atoms with E-state index in [0.29, 0.717) is 5.76 Å². The van der Waals surface area contributed by atoms with Gasteiger partial charge in [-0.25, -0.2) is 0 Å². The molecule has 0 aliphatic carbocycles. The topological polar surface area (TPSA) is 33.5 Å². The molecular weight excluding hydrogens is 190 g/mol. The average molecular weight is 203 g/mol. The zero-order chi connectivity index (χ0) is 11.0. The van der Waals surface area contributed by atoms with Crippen LogP contribution in [-0.2, 0) is 0 Å². The lowest BCUT2D eigenvalue weighted by molar-refractivity contribution is 0.0798. The minimum absolute atomic E-state index is 0.0979. The highest BCUT2D eigenvalue weighted by Gasteiger charge is 2.18. The molecule has 0 radical (unpaired) electrons. The van der Waals surface area contributed by atoms with Crippen molar-refractivity contribution in [2.45, 2.75) is 6.92 Å². The fourth-order valence-corrected chi connectivity index (χ4v) is 1.61. The number of hydrogen-bond acceptors (Lipinski definition) is 2. The summed E-state index contributed by atoms with van der Waals surface area (Å²) in [5.41, 5.74) is 0. The van der Waals surface area contributed by atoms with Crippen LogP contribution >= 0.6 is 0 Å². The van der Waals surface area contributed by atoms with E-state index in [1.54, 1.807) is 14.1 Å². The van der Waals surface area contributed by atoms with Crippen LogP contribution in [0, 0.1) is 6.92 Å². The second-order valence-corrected chi connectivity index (χ2v) is 3.73. The summed E-state index contributed by atoms with van der Waals surface area (Å²) in [6.45, 7) is 1.87. The molecular formula is C12H13NO2. The summed E-state index contributed by atoms with van der Waals surface area (Å²) in [5.74, 6) is 1.11. The predicted octanol–water partition coefficient (Wildman–Crippen LogP) is 2.44. The van der Waals surface area contributed by atoms with Crippen molar-refractivity contribution < 1.29 is 9.21 Å². The van der Waals surface area contributed by atoms with E-state index in [1.807, 2.05) is 31.2 Å². The lowest BCUT2D eigenvalue weighted by atomic mass is 10.1. The number of carbonyl (C=O) groups is 1. The second-order valence-electron chi connectivity index (χ2n) is 3.73. The van der Waals surface area contributed by atoms with Crippen LogP contribution in [0.15, 0.2) is 28.7 Å². The Kier molecular flexibility index (Phi) is 2.23. The Labute approximate surface area is 88.3 Å². The molecule has 0 unspecified atom stereocenters. The monoisotopic (exact) mass is 203 g/mol. The molecule has 0 aliphatic heterocycles. The third kappa shape index (κ3) is 1.50. The van der Waals surface area contributed by atoms with Crippen LogP contribution in [0.25, 0.3) is 10.8 Å². The van der Waals surface area contributed by atoms with Gasteiger partial charge in [0.25, 0.3) is 5.91 Å². The molecule has 0 atom stereocenters. The van der Waals surface area contributed by atoms with Crippen molar-refractivity contribution in [3.8, 4) is 0 Å². The minimum Gasteiger partial charge on any atom is -0.455 e. The van der Waals surface area contributed by atoms with E-state index in [-0.39, 0.29) is 5.91 Å². The number of aryl methyl sites for hydroxylation is 1. The summed E-state index contributed by atoms with van der Waals surface area (Å²) in [4.78, 5) is 13.3. The quantitative estimate of drug-likeness (QED) is 0.713. The van der Waals surface area contributed by atoms with Crippen molar-refractivity contribution in [3.63, 3.8) is 0 Å². The fraction of sp³-hybridized carbons (Fsp3) is 0.250. The number of nitrogens with zero attached hydrogens (tertiary/aromatic N) is 1. The molecule has 0 saturated heterocycles. The van der Waals surface area contributed by atoms with Gasteiger partial charge >= 0.3 is 0 Å². The maximum Gasteiger partial charge on any atom is 0.289 e. The third-order valence-electron chi connectivity index (χ3n) is 2.41. The summed E-state index contributed by atoms with van der Waals surface area (Å²) in [7, 11) is 3.43. The Balaban J connectivity index is 2.67. The lowest BCUT2D eigenvalue weighted by Crippen LogP contribution is -2.21. The van der Waals surface area contributed by atoms with Crippen LogP contribution in [0.5, 0.6) is 0 Å². The fourth-order valence-electron chi connectivity index (χ4n) is 1.61. The van der Waals surface area contributed by atoms with Crippen LogP contribution in [-0.4, -0.2) is 24.9 Å². The summed E-state index contributed by atoms with van der Waals surface area (Å²) in [6, 6.07) is 7.71. The molecule has 3 nitrogen and oxygen atoms in total. The van der Waals surface area contributed by atoms with Crippen LogP contribution in [0.3, 0.4) is 0 Å². The van der Waals surface area contributed by atoms with Crippen molar-refractivity contribution in [1.82, 2.24) is 4.90 Å². The maximum atomic E-state index is 11.8. The predicted molar refractivity (Wildman–Crippen MR) is 59.0 cm³/mol. The number of hydrogen-bond donors (Lipinski definition) is 0. The van der Waals surface area contributed by atoms with Gasteiger partial charge in [0.2, 0.25) is 0 Å². The largest absolute Gasteiger partial charge is 0.455 e. The Hall–Kier alpha value is -1.77. The lowest BCUT2D eigenvalue weighted by Gasteiger charge is -2.07. The molecule has 3 heteroatoms. The van der Waals surface area contributed by atoms with Gasteiger partial charge in [0.15, 0.2) is 5.76 Å². The number of rotatable bonds is 1. The zero-order valence-corrected chi connectivity index (χ0v) is 9.07. The van der Waals surface area contributed by atoms with Crippen LogP contribution in [0.2, 0.25) is 0 Å². The summed E-state index contributed by atoms with van der Waals surface area (Å²) in [5, 5.41) is 1.89. The first kappa shape index (κ1) is 9.77. The molecule has 15 heavy (non-hydrogen) atoms. The maximum absolute atomic E-state index is 11.8. The first-order valence-corrected chi connectivity index (χ1v) is 4.81. The van der Waals surface area contributed by atoms with E-state index in [2.05, 4.69) is 0 Å². The van der Waals surface area contributed by atoms with Gasteiger partial charge in [-0.2, -0.15) is 0 Å². The standard InChI is InChI=1S/C12H13NO2/c1-8-9-6-4-5-7-10(9)11(15-8)12(14)13(2)3/h4-7H,1-3H3. The highest BCUT2D eigenvalue weighted by molar-refractivity contribution is 6.05. The summed E-state index contributed by atoms with van der Waals surface area (Å²) < 4.78 is 5.50. The molecule has 0 aliphatic rings. The number of fused-ring (bicyclic) bond motifs is 1. The van der Waals surface area contributed by atoms with Gasteiger partial charge in [0, 0.05) is 24.9 Å². The van der Waals surface area contributed by atoms with Crippen molar-refractivity contribution in [2.24, 2.45) is 0 Å². The normalized spacial score (nSPS) is 10.6. The molecule has 2 aromatic rings. The molecule has 78 valence electrons.